The first kappa shape index (κ1) is 20.1. The number of ether oxygens (including phenoxy) is 1. The van der Waals surface area contributed by atoms with Crippen LogP contribution in [0, 0.1) is 0 Å². The summed E-state index contributed by atoms with van der Waals surface area (Å²) in [5, 5.41) is 0. The van der Waals surface area contributed by atoms with Gasteiger partial charge in [-0.15, -0.1) is 0 Å². The Labute approximate surface area is 144 Å². The van der Waals surface area contributed by atoms with Gasteiger partial charge in [0.05, 0.1) is 7.11 Å². The monoisotopic (exact) mass is 318 g/mol. The molecule has 0 saturated carbocycles. The molecule has 23 heavy (non-hydrogen) atoms. The third kappa shape index (κ3) is 9.03. The van der Waals surface area contributed by atoms with Gasteiger partial charge in [-0.05, 0) is 36.5 Å². The Kier molecular flexibility index (Phi) is 11.7. The molecule has 1 rings (SSSR count). The first-order valence-corrected chi connectivity index (χ1v) is 9.95. The van der Waals surface area contributed by atoms with Crippen LogP contribution in [0.15, 0.2) is 24.3 Å². The molecular formula is C22H38O. The van der Waals surface area contributed by atoms with Crippen LogP contribution in [0.3, 0.4) is 0 Å². The Morgan fingerprint density at radius 1 is 0.696 bits per heavy atom. The number of hydrogen-bond donors (Lipinski definition) is 0. The molecule has 1 unspecified atom stereocenters. The summed E-state index contributed by atoms with van der Waals surface area (Å²) in [6.07, 6.45) is 16.6. The van der Waals surface area contributed by atoms with Gasteiger partial charge in [-0.1, -0.05) is 90.2 Å². The summed E-state index contributed by atoms with van der Waals surface area (Å²) < 4.78 is 5.29. The maximum atomic E-state index is 5.29. The highest BCUT2D eigenvalue weighted by Gasteiger charge is 2.11. The molecule has 0 bridgehead atoms. The molecule has 0 saturated heterocycles. The van der Waals surface area contributed by atoms with Gasteiger partial charge in [0.25, 0.3) is 0 Å². The zero-order valence-electron chi connectivity index (χ0n) is 15.8. The molecule has 0 aliphatic carbocycles. The lowest BCUT2D eigenvalue weighted by molar-refractivity contribution is 0.414. The minimum absolute atomic E-state index is 0.739. The second-order valence-electron chi connectivity index (χ2n) is 6.88. The van der Waals surface area contributed by atoms with Gasteiger partial charge in [-0.25, -0.2) is 0 Å². The summed E-state index contributed by atoms with van der Waals surface area (Å²) in [4.78, 5) is 0. The van der Waals surface area contributed by atoms with Crippen LogP contribution in [0.25, 0.3) is 0 Å². The van der Waals surface area contributed by atoms with Crippen molar-refractivity contribution in [2.75, 3.05) is 7.11 Å². The quantitative estimate of drug-likeness (QED) is 0.323. The van der Waals surface area contributed by atoms with Crippen LogP contribution >= 0.6 is 0 Å². The minimum atomic E-state index is 0.739. The molecule has 0 N–H and O–H groups in total. The summed E-state index contributed by atoms with van der Waals surface area (Å²) >= 11 is 0. The van der Waals surface area contributed by atoms with Gasteiger partial charge < -0.3 is 4.74 Å². The first-order valence-electron chi connectivity index (χ1n) is 9.95. The number of unbranched alkanes of at least 4 members (excludes halogenated alkanes) is 8. The Bertz CT molecular complexity index is 368. The predicted octanol–water partition coefficient (Wildman–Crippen LogP) is 7.50. The maximum absolute atomic E-state index is 5.29. The van der Waals surface area contributed by atoms with Crippen molar-refractivity contribution in [2.45, 2.75) is 96.8 Å². The van der Waals surface area contributed by atoms with Crippen LogP contribution in [0.1, 0.15) is 102 Å². The normalized spacial score (nSPS) is 12.3. The molecule has 132 valence electrons. The fourth-order valence-corrected chi connectivity index (χ4v) is 3.34. The highest BCUT2D eigenvalue weighted by Crippen LogP contribution is 2.29. The molecule has 0 heterocycles. The van der Waals surface area contributed by atoms with E-state index in [1.807, 2.05) is 0 Å². The van der Waals surface area contributed by atoms with E-state index in [1.165, 1.54) is 82.6 Å². The van der Waals surface area contributed by atoms with Gasteiger partial charge in [-0.3, -0.25) is 0 Å². The number of rotatable bonds is 14. The summed E-state index contributed by atoms with van der Waals surface area (Å²) in [6, 6.07) is 8.78. The molecule has 1 heteroatoms. The molecule has 1 atom stereocenters. The van der Waals surface area contributed by atoms with Gasteiger partial charge in [0.1, 0.15) is 5.75 Å². The maximum Gasteiger partial charge on any atom is 0.118 e. The molecule has 0 fully saturated rings. The number of methoxy groups -OCH3 is 1. The third-order valence-corrected chi connectivity index (χ3v) is 4.90. The fraction of sp³-hybridized carbons (Fsp3) is 0.727. The summed E-state index contributed by atoms with van der Waals surface area (Å²) in [6.45, 7) is 4.58. The largest absolute Gasteiger partial charge is 0.497 e. The van der Waals surface area contributed by atoms with Crippen molar-refractivity contribution < 1.29 is 4.74 Å². The summed E-state index contributed by atoms with van der Waals surface area (Å²) in [7, 11) is 1.74. The van der Waals surface area contributed by atoms with Crippen LogP contribution in [0.5, 0.6) is 5.75 Å². The van der Waals surface area contributed by atoms with E-state index >= 15 is 0 Å². The zero-order chi connectivity index (χ0) is 16.8. The number of hydrogen-bond acceptors (Lipinski definition) is 1. The smallest absolute Gasteiger partial charge is 0.118 e. The summed E-state index contributed by atoms with van der Waals surface area (Å²) in [5.74, 6) is 1.71. The number of benzene rings is 1. The van der Waals surface area contributed by atoms with E-state index in [1.54, 1.807) is 7.11 Å². The second-order valence-corrected chi connectivity index (χ2v) is 6.88. The Morgan fingerprint density at radius 2 is 1.17 bits per heavy atom. The van der Waals surface area contributed by atoms with Gasteiger partial charge in [0.15, 0.2) is 0 Å². The van der Waals surface area contributed by atoms with Gasteiger partial charge in [0, 0.05) is 0 Å². The van der Waals surface area contributed by atoms with E-state index in [-0.39, 0.29) is 0 Å². The highest BCUT2D eigenvalue weighted by atomic mass is 16.5. The van der Waals surface area contributed by atoms with Crippen molar-refractivity contribution >= 4 is 0 Å². The van der Waals surface area contributed by atoms with Crippen LogP contribution in [0.2, 0.25) is 0 Å². The lowest BCUT2D eigenvalue weighted by Gasteiger charge is -2.18. The molecule has 1 aromatic carbocycles. The Morgan fingerprint density at radius 3 is 1.74 bits per heavy atom. The van der Waals surface area contributed by atoms with E-state index in [0.29, 0.717) is 0 Å². The van der Waals surface area contributed by atoms with E-state index in [4.69, 9.17) is 4.74 Å². The van der Waals surface area contributed by atoms with Crippen molar-refractivity contribution in [1.29, 1.82) is 0 Å². The van der Waals surface area contributed by atoms with Crippen molar-refractivity contribution in [1.82, 2.24) is 0 Å². The molecule has 0 spiro atoms. The first-order chi connectivity index (χ1) is 11.3. The van der Waals surface area contributed by atoms with E-state index in [2.05, 4.69) is 38.1 Å². The minimum Gasteiger partial charge on any atom is -0.497 e. The van der Waals surface area contributed by atoms with Crippen molar-refractivity contribution in [3.05, 3.63) is 29.8 Å². The lowest BCUT2D eigenvalue weighted by atomic mass is 9.88. The van der Waals surface area contributed by atoms with Crippen molar-refractivity contribution in [3.63, 3.8) is 0 Å². The third-order valence-electron chi connectivity index (χ3n) is 4.90. The predicted molar refractivity (Wildman–Crippen MR) is 102 cm³/mol. The van der Waals surface area contributed by atoms with Gasteiger partial charge >= 0.3 is 0 Å². The SMILES string of the molecule is CCCCCCCCCC(CCCCC)c1ccc(OC)cc1. The summed E-state index contributed by atoms with van der Waals surface area (Å²) in [5.41, 5.74) is 1.51. The average Bonchev–Trinajstić information content (AvgIpc) is 2.59. The van der Waals surface area contributed by atoms with Crippen molar-refractivity contribution in [3.8, 4) is 5.75 Å². The molecule has 0 amide bonds. The Balaban J connectivity index is 2.38. The van der Waals surface area contributed by atoms with Crippen LogP contribution < -0.4 is 4.74 Å². The average molecular weight is 319 g/mol. The molecule has 0 radical (unpaired) electrons. The van der Waals surface area contributed by atoms with Gasteiger partial charge in [0.2, 0.25) is 0 Å². The van der Waals surface area contributed by atoms with E-state index in [9.17, 15) is 0 Å². The second kappa shape index (κ2) is 13.5. The van der Waals surface area contributed by atoms with Crippen LogP contribution in [0.4, 0.5) is 0 Å². The van der Waals surface area contributed by atoms with Crippen LogP contribution in [-0.4, -0.2) is 7.11 Å². The molecule has 0 aliphatic heterocycles. The highest BCUT2D eigenvalue weighted by molar-refractivity contribution is 5.29. The van der Waals surface area contributed by atoms with Crippen LogP contribution in [-0.2, 0) is 0 Å². The van der Waals surface area contributed by atoms with E-state index < -0.39 is 0 Å². The lowest BCUT2D eigenvalue weighted by Crippen LogP contribution is -2.00. The van der Waals surface area contributed by atoms with Crippen molar-refractivity contribution in [2.24, 2.45) is 0 Å². The van der Waals surface area contributed by atoms with E-state index in [0.717, 1.165) is 11.7 Å². The zero-order valence-corrected chi connectivity index (χ0v) is 15.8. The van der Waals surface area contributed by atoms with Gasteiger partial charge in [-0.2, -0.15) is 0 Å². The molecular weight excluding hydrogens is 280 g/mol. The Hall–Kier alpha value is -0.980. The molecule has 1 nitrogen and oxygen atoms in total. The fourth-order valence-electron chi connectivity index (χ4n) is 3.34. The molecule has 1 aromatic rings. The molecule has 0 aliphatic rings. The standard InChI is InChI=1S/C22H38O/c1-4-6-8-9-10-11-13-15-20(14-12-7-5-2)21-16-18-22(23-3)19-17-21/h16-20H,4-15H2,1-3H3. The topological polar surface area (TPSA) is 9.23 Å². The molecule has 0 aromatic heterocycles.